The molecule has 108 valence electrons. The monoisotopic (exact) mass is 341 g/mol. The lowest BCUT2D eigenvalue weighted by atomic mass is 9.84. The largest absolute Gasteiger partial charge is 0.327 e. The van der Waals surface area contributed by atoms with Crippen LogP contribution in [0, 0.1) is 15.5 Å². The van der Waals surface area contributed by atoms with Gasteiger partial charge in [-0.15, -0.1) is 0 Å². The van der Waals surface area contributed by atoms with Gasteiger partial charge in [-0.2, -0.15) is 0 Å². The van der Waals surface area contributed by atoms with Gasteiger partial charge in [0.25, 0.3) is 5.69 Å². The fourth-order valence-electron chi connectivity index (χ4n) is 2.46. The van der Waals surface area contributed by atoms with Crippen LogP contribution in [0.15, 0.2) is 22.7 Å². The van der Waals surface area contributed by atoms with Crippen LogP contribution in [0.25, 0.3) is 0 Å². The zero-order valence-corrected chi connectivity index (χ0v) is 12.6. The highest BCUT2D eigenvalue weighted by Gasteiger charge is 2.43. The molecule has 0 saturated heterocycles. The Balaban J connectivity index is 2.18. The van der Waals surface area contributed by atoms with Gasteiger partial charge >= 0.3 is 0 Å². The van der Waals surface area contributed by atoms with Crippen LogP contribution in [0.4, 0.5) is 11.4 Å². The van der Waals surface area contributed by atoms with E-state index in [1.54, 1.807) is 0 Å². The number of anilines is 1. The van der Waals surface area contributed by atoms with E-state index in [0.717, 1.165) is 19.3 Å². The molecule has 1 aliphatic carbocycles. The summed E-state index contributed by atoms with van der Waals surface area (Å²) in [7, 11) is 0. The molecular formula is C13H16BrN3O3. The van der Waals surface area contributed by atoms with Crippen molar-refractivity contribution in [3.63, 3.8) is 0 Å². The average molecular weight is 342 g/mol. The topological polar surface area (TPSA) is 98.3 Å². The second-order valence-corrected chi connectivity index (χ2v) is 6.15. The van der Waals surface area contributed by atoms with Gasteiger partial charge in [-0.05, 0) is 41.8 Å². The number of benzene rings is 1. The van der Waals surface area contributed by atoms with E-state index in [2.05, 4.69) is 21.2 Å². The molecule has 2 rings (SSSR count). The molecule has 1 aliphatic rings. The highest BCUT2D eigenvalue weighted by Crippen LogP contribution is 2.38. The number of nitrogens with two attached hydrogens (primary N) is 1. The molecule has 0 aromatic heterocycles. The summed E-state index contributed by atoms with van der Waals surface area (Å²) < 4.78 is 0.482. The predicted molar refractivity (Wildman–Crippen MR) is 79.4 cm³/mol. The van der Waals surface area contributed by atoms with Crippen LogP contribution in [-0.2, 0) is 4.79 Å². The van der Waals surface area contributed by atoms with Gasteiger partial charge in [0.15, 0.2) is 0 Å². The van der Waals surface area contributed by atoms with Crippen molar-refractivity contribution in [3.05, 3.63) is 32.8 Å². The molecular weight excluding hydrogens is 326 g/mol. The van der Waals surface area contributed by atoms with Crippen LogP contribution in [0.1, 0.15) is 26.2 Å². The molecule has 20 heavy (non-hydrogen) atoms. The minimum atomic E-state index is -0.582. The highest BCUT2D eigenvalue weighted by molar-refractivity contribution is 9.10. The van der Waals surface area contributed by atoms with E-state index in [9.17, 15) is 14.9 Å². The smallest absolute Gasteiger partial charge is 0.270 e. The molecule has 3 N–H and O–H groups in total. The van der Waals surface area contributed by atoms with Gasteiger partial charge in [0.2, 0.25) is 5.91 Å². The summed E-state index contributed by atoms with van der Waals surface area (Å²) in [5, 5.41) is 13.5. The van der Waals surface area contributed by atoms with Crippen molar-refractivity contribution < 1.29 is 9.72 Å². The van der Waals surface area contributed by atoms with Crippen molar-refractivity contribution in [2.24, 2.45) is 11.1 Å². The minimum absolute atomic E-state index is 0.0290. The summed E-state index contributed by atoms with van der Waals surface area (Å²) in [6.45, 7) is 1.86. The van der Waals surface area contributed by atoms with E-state index in [-0.39, 0.29) is 17.6 Å². The predicted octanol–water partition coefficient (Wildman–Crippen LogP) is 2.81. The molecule has 1 aromatic rings. The number of halogens is 1. The standard InChI is InChI=1S/C13H16BrN3O3/c1-13(6-2-3-11(13)15)12(18)16-10-5-4-8(17(19)20)7-9(10)14/h4-5,7,11H,2-3,6,15H2,1H3,(H,16,18). The number of non-ortho nitro benzene ring substituents is 1. The van der Waals surface area contributed by atoms with Crippen LogP contribution >= 0.6 is 15.9 Å². The van der Waals surface area contributed by atoms with Crippen molar-refractivity contribution >= 4 is 33.2 Å². The van der Waals surface area contributed by atoms with Crippen molar-refractivity contribution in [2.75, 3.05) is 5.32 Å². The molecule has 1 aromatic carbocycles. The fraction of sp³-hybridized carbons (Fsp3) is 0.462. The Morgan fingerprint density at radius 3 is 2.80 bits per heavy atom. The van der Waals surface area contributed by atoms with E-state index < -0.39 is 10.3 Å². The fourth-order valence-corrected chi connectivity index (χ4v) is 2.92. The third-order valence-electron chi connectivity index (χ3n) is 3.96. The molecule has 6 nitrogen and oxygen atoms in total. The average Bonchev–Trinajstić information content (AvgIpc) is 2.73. The summed E-state index contributed by atoms with van der Waals surface area (Å²) in [5.41, 5.74) is 5.91. The SMILES string of the molecule is CC1(C(=O)Nc2ccc([N+](=O)[O-])cc2Br)CCCC1N. The van der Waals surface area contributed by atoms with E-state index in [1.165, 1.54) is 18.2 Å². The first kappa shape index (κ1) is 14.9. The molecule has 0 aliphatic heterocycles. The first-order valence-corrected chi connectivity index (χ1v) is 7.15. The Kier molecular flexibility index (Phi) is 4.10. The summed E-state index contributed by atoms with van der Waals surface area (Å²) in [4.78, 5) is 22.6. The van der Waals surface area contributed by atoms with Crippen LogP contribution in [0.3, 0.4) is 0 Å². The molecule has 0 bridgehead atoms. The van der Waals surface area contributed by atoms with Crippen molar-refractivity contribution in [1.82, 2.24) is 0 Å². The van der Waals surface area contributed by atoms with Crippen LogP contribution < -0.4 is 11.1 Å². The van der Waals surface area contributed by atoms with Crippen molar-refractivity contribution in [3.8, 4) is 0 Å². The first-order chi connectivity index (χ1) is 9.34. The minimum Gasteiger partial charge on any atom is -0.327 e. The Morgan fingerprint density at radius 1 is 1.60 bits per heavy atom. The van der Waals surface area contributed by atoms with E-state index in [0.29, 0.717) is 10.2 Å². The Labute approximate surface area is 125 Å². The van der Waals surface area contributed by atoms with Gasteiger partial charge in [-0.3, -0.25) is 14.9 Å². The lowest BCUT2D eigenvalue weighted by molar-refractivity contribution is -0.384. The van der Waals surface area contributed by atoms with Crippen LogP contribution in [-0.4, -0.2) is 16.9 Å². The molecule has 0 spiro atoms. The number of hydrogen-bond donors (Lipinski definition) is 2. The zero-order valence-electron chi connectivity index (χ0n) is 11.1. The molecule has 7 heteroatoms. The number of nitrogens with zero attached hydrogens (tertiary/aromatic N) is 1. The molecule has 2 atom stereocenters. The molecule has 2 unspecified atom stereocenters. The number of nitro groups is 1. The summed E-state index contributed by atoms with van der Waals surface area (Å²) >= 11 is 3.23. The Hall–Kier alpha value is -1.47. The number of hydrogen-bond acceptors (Lipinski definition) is 4. The molecule has 0 heterocycles. The lowest BCUT2D eigenvalue weighted by Crippen LogP contribution is -2.44. The van der Waals surface area contributed by atoms with Crippen LogP contribution in [0.2, 0.25) is 0 Å². The third-order valence-corrected chi connectivity index (χ3v) is 4.62. The maximum Gasteiger partial charge on any atom is 0.270 e. The van der Waals surface area contributed by atoms with Gasteiger partial charge in [0.05, 0.1) is 16.0 Å². The quantitative estimate of drug-likeness (QED) is 0.652. The number of carbonyl (C=O) groups is 1. The maximum atomic E-state index is 12.4. The summed E-state index contributed by atoms with van der Waals surface area (Å²) in [5.74, 6) is -0.142. The number of rotatable bonds is 3. The summed E-state index contributed by atoms with van der Waals surface area (Å²) in [6, 6.07) is 4.09. The second-order valence-electron chi connectivity index (χ2n) is 5.29. The van der Waals surface area contributed by atoms with Gasteiger partial charge < -0.3 is 11.1 Å². The van der Waals surface area contributed by atoms with E-state index >= 15 is 0 Å². The van der Waals surface area contributed by atoms with Gasteiger partial charge in [-0.25, -0.2) is 0 Å². The van der Waals surface area contributed by atoms with Gasteiger partial charge in [0.1, 0.15) is 0 Å². The van der Waals surface area contributed by atoms with E-state index in [1.807, 2.05) is 6.92 Å². The Morgan fingerprint density at radius 2 is 2.30 bits per heavy atom. The normalized spacial score (nSPS) is 25.4. The second kappa shape index (κ2) is 5.49. The molecule has 1 amide bonds. The van der Waals surface area contributed by atoms with Gasteiger partial charge in [0, 0.05) is 22.6 Å². The number of amides is 1. The van der Waals surface area contributed by atoms with Crippen molar-refractivity contribution in [2.45, 2.75) is 32.2 Å². The van der Waals surface area contributed by atoms with Crippen molar-refractivity contribution in [1.29, 1.82) is 0 Å². The molecule has 0 radical (unpaired) electrons. The van der Waals surface area contributed by atoms with E-state index in [4.69, 9.17) is 5.73 Å². The molecule has 1 fully saturated rings. The zero-order chi connectivity index (χ0) is 14.9. The summed E-state index contributed by atoms with van der Waals surface area (Å²) in [6.07, 6.45) is 2.53. The highest BCUT2D eigenvalue weighted by atomic mass is 79.9. The number of nitrogens with one attached hydrogen (secondary N) is 1. The Bertz CT molecular complexity index is 564. The lowest BCUT2D eigenvalue weighted by Gasteiger charge is -2.27. The maximum absolute atomic E-state index is 12.4. The van der Waals surface area contributed by atoms with Gasteiger partial charge in [-0.1, -0.05) is 6.42 Å². The van der Waals surface area contributed by atoms with Crippen LogP contribution in [0.5, 0.6) is 0 Å². The molecule has 1 saturated carbocycles. The number of carbonyl (C=O) groups excluding carboxylic acids is 1. The third kappa shape index (κ3) is 2.69. The number of nitro benzene ring substituents is 1. The first-order valence-electron chi connectivity index (χ1n) is 6.35.